The minimum atomic E-state index is -0.560. The third-order valence-electron chi connectivity index (χ3n) is 3.78. The molecule has 2 aromatic rings. The fraction of sp³-hybridized carbons (Fsp3) is 0.267. The van der Waals surface area contributed by atoms with Gasteiger partial charge in [-0.25, -0.2) is 4.79 Å². The second kappa shape index (κ2) is 4.59. The third-order valence-corrected chi connectivity index (χ3v) is 3.78. The molecular formula is C15H13NO4. The average Bonchev–Trinajstić information content (AvgIpc) is 2.85. The molecule has 0 amide bonds. The number of hydrogen-bond acceptors (Lipinski definition) is 4. The van der Waals surface area contributed by atoms with Crippen molar-refractivity contribution in [2.75, 3.05) is 7.11 Å². The number of benzene rings is 1. The molecule has 1 aromatic heterocycles. The Hall–Kier alpha value is -2.43. The van der Waals surface area contributed by atoms with Crippen molar-refractivity contribution in [1.82, 2.24) is 4.98 Å². The van der Waals surface area contributed by atoms with E-state index in [4.69, 9.17) is 4.74 Å². The maximum atomic E-state index is 12.1. The minimum Gasteiger partial charge on any atom is -0.465 e. The fourth-order valence-electron chi connectivity index (χ4n) is 2.71. The number of aromatic nitrogens is 1. The van der Waals surface area contributed by atoms with E-state index in [1.807, 2.05) is 0 Å². The third kappa shape index (κ3) is 1.74. The van der Waals surface area contributed by atoms with Gasteiger partial charge >= 0.3 is 5.97 Å². The standard InChI is InChI=1S/C15H13NO4/c1-20-15(19)8-3-5-12-11(6-8)10-4-2-9(7-17)14(18)13(10)16-12/h3,5-7,9,16H,2,4H2,1H3. The van der Waals surface area contributed by atoms with Crippen LogP contribution < -0.4 is 0 Å². The molecule has 1 aliphatic rings. The zero-order valence-corrected chi connectivity index (χ0v) is 10.9. The second-order valence-electron chi connectivity index (χ2n) is 4.88. The van der Waals surface area contributed by atoms with Gasteiger partial charge in [0.25, 0.3) is 0 Å². The van der Waals surface area contributed by atoms with Gasteiger partial charge in [0, 0.05) is 10.9 Å². The Morgan fingerprint density at radius 1 is 1.45 bits per heavy atom. The van der Waals surface area contributed by atoms with Gasteiger partial charge < -0.3 is 14.5 Å². The number of hydrogen-bond donors (Lipinski definition) is 1. The molecule has 0 saturated carbocycles. The fourth-order valence-corrected chi connectivity index (χ4v) is 2.71. The van der Waals surface area contributed by atoms with E-state index in [2.05, 4.69) is 4.98 Å². The summed E-state index contributed by atoms with van der Waals surface area (Å²) in [5.41, 5.74) is 2.62. The molecular weight excluding hydrogens is 258 g/mol. The van der Waals surface area contributed by atoms with Crippen molar-refractivity contribution in [3.8, 4) is 0 Å². The summed E-state index contributed by atoms with van der Waals surface area (Å²) in [5.74, 6) is -1.14. The number of aldehydes is 1. The second-order valence-corrected chi connectivity index (χ2v) is 4.88. The van der Waals surface area contributed by atoms with Crippen molar-refractivity contribution < 1.29 is 19.1 Å². The number of carbonyl (C=O) groups is 3. The van der Waals surface area contributed by atoms with Gasteiger partial charge in [-0.1, -0.05) is 0 Å². The Labute approximate surface area is 114 Å². The first-order valence-corrected chi connectivity index (χ1v) is 6.38. The van der Waals surface area contributed by atoms with Gasteiger partial charge in [0.05, 0.1) is 24.3 Å². The topological polar surface area (TPSA) is 76.2 Å². The van der Waals surface area contributed by atoms with E-state index in [1.54, 1.807) is 18.2 Å². The lowest BCUT2D eigenvalue weighted by Crippen LogP contribution is -2.23. The molecule has 1 unspecified atom stereocenters. The SMILES string of the molecule is COC(=O)c1ccc2[nH]c3c(c2c1)CCC(C=O)C3=O. The van der Waals surface area contributed by atoms with Crippen LogP contribution in [0.1, 0.15) is 32.8 Å². The van der Waals surface area contributed by atoms with Crippen molar-refractivity contribution in [2.24, 2.45) is 5.92 Å². The van der Waals surface area contributed by atoms with Crippen molar-refractivity contribution >= 4 is 28.9 Å². The first-order valence-electron chi connectivity index (χ1n) is 6.38. The van der Waals surface area contributed by atoms with Gasteiger partial charge in [-0.3, -0.25) is 4.79 Å². The number of aromatic amines is 1. The molecule has 102 valence electrons. The van der Waals surface area contributed by atoms with Gasteiger partial charge in [0.1, 0.15) is 6.29 Å². The summed E-state index contributed by atoms with van der Waals surface area (Å²) in [6.07, 6.45) is 1.87. The van der Waals surface area contributed by atoms with Crippen molar-refractivity contribution in [3.63, 3.8) is 0 Å². The van der Waals surface area contributed by atoms with Crippen LogP contribution in [0.15, 0.2) is 18.2 Å². The lowest BCUT2D eigenvalue weighted by molar-refractivity contribution is -0.110. The molecule has 1 heterocycles. The number of nitrogens with one attached hydrogen (secondary N) is 1. The number of H-pyrrole nitrogens is 1. The Morgan fingerprint density at radius 3 is 2.95 bits per heavy atom. The maximum Gasteiger partial charge on any atom is 0.337 e. The Bertz CT molecular complexity index is 729. The van der Waals surface area contributed by atoms with Crippen LogP contribution in [-0.4, -0.2) is 30.1 Å². The Kier molecular flexibility index (Phi) is 2.89. The normalized spacial score (nSPS) is 17.9. The van der Waals surface area contributed by atoms with Crippen molar-refractivity contribution in [1.29, 1.82) is 0 Å². The maximum absolute atomic E-state index is 12.1. The van der Waals surface area contributed by atoms with Crippen LogP contribution in [0.25, 0.3) is 10.9 Å². The number of carbonyl (C=O) groups excluding carboxylic acids is 3. The highest BCUT2D eigenvalue weighted by molar-refractivity contribution is 6.10. The zero-order chi connectivity index (χ0) is 14.3. The molecule has 5 heteroatoms. The summed E-state index contributed by atoms with van der Waals surface area (Å²) in [5, 5.41) is 0.848. The first-order chi connectivity index (χ1) is 9.65. The minimum absolute atomic E-state index is 0.169. The van der Waals surface area contributed by atoms with Gasteiger partial charge in [-0.2, -0.15) is 0 Å². The van der Waals surface area contributed by atoms with Crippen LogP contribution in [0.4, 0.5) is 0 Å². The van der Waals surface area contributed by atoms with Crippen molar-refractivity contribution in [2.45, 2.75) is 12.8 Å². The molecule has 5 nitrogen and oxygen atoms in total. The number of Topliss-reactive ketones (excluding diaryl/α,β-unsaturated/α-hetero) is 1. The molecule has 0 spiro atoms. The smallest absolute Gasteiger partial charge is 0.337 e. The number of methoxy groups -OCH3 is 1. The molecule has 1 aromatic carbocycles. The predicted molar refractivity (Wildman–Crippen MR) is 71.8 cm³/mol. The van der Waals surface area contributed by atoms with Gasteiger partial charge in [0.15, 0.2) is 5.78 Å². The van der Waals surface area contributed by atoms with Crippen LogP contribution >= 0.6 is 0 Å². The van der Waals surface area contributed by atoms with E-state index < -0.39 is 11.9 Å². The van der Waals surface area contributed by atoms with Crippen LogP contribution in [0.2, 0.25) is 0 Å². The number of aryl methyl sites for hydroxylation is 1. The first kappa shape index (κ1) is 12.6. The Morgan fingerprint density at radius 2 is 2.25 bits per heavy atom. The Balaban J connectivity index is 2.16. The molecule has 1 atom stereocenters. The van der Waals surface area contributed by atoms with E-state index in [0.717, 1.165) is 16.5 Å². The van der Waals surface area contributed by atoms with Gasteiger partial charge in [0.2, 0.25) is 0 Å². The summed E-state index contributed by atoms with van der Waals surface area (Å²) in [6.45, 7) is 0. The molecule has 0 saturated heterocycles. The highest BCUT2D eigenvalue weighted by Gasteiger charge is 2.30. The molecule has 1 aliphatic carbocycles. The average molecular weight is 271 g/mol. The summed E-state index contributed by atoms with van der Waals surface area (Å²) in [7, 11) is 1.33. The van der Waals surface area contributed by atoms with Crippen LogP contribution in [0.5, 0.6) is 0 Å². The quantitative estimate of drug-likeness (QED) is 0.514. The number of rotatable bonds is 2. The van der Waals surface area contributed by atoms with Crippen LogP contribution in [0, 0.1) is 5.92 Å². The summed E-state index contributed by atoms with van der Waals surface area (Å²) >= 11 is 0. The molecule has 0 aliphatic heterocycles. The van der Waals surface area contributed by atoms with Crippen LogP contribution in [-0.2, 0) is 16.0 Å². The summed E-state index contributed by atoms with van der Waals surface area (Å²) in [6, 6.07) is 5.13. The number of ether oxygens (including phenoxy) is 1. The monoisotopic (exact) mass is 271 g/mol. The highest BCUT2D eigenvalue weighted by Crippen LogP contribution is 2.31. The molecule has 20 heavy (non-hydrogen) atoms. The van der Waals surface area contributed by atoms with Gasteiger partial charge in [-0.15, -0.1) is 0 Å². The number of ketones is 1. The van der Waals surface area contributed by atoms with E-state index >= 15 is 0 Å². The number of fused-ring (bicyclic) bond motifs is 3. The molecule has 0 radical (unpaired) electrons. The predicted octanol–water partition coefficient (Wildman–Crippen LogP) is 1.90. The largest absolute Gasteiger partial charge is 0.465 e. The van der Waals surface area contributed by atoms with Gasteiger partial charge in [-0.05, 0) is 36.6 Å². The number of esters is 1. The van der Waals surface area contributed by atoms with Crippen LogP contribution in [0.3, 0.4) is 0 Å². The summed E-state index contributed by atoms with van der Waals surface area (Å²) in [4.78, 5) is 37.6. The molecule has 1 N–H and O–H groups in total. The molecule has 3 rings (SSSR count). The van der Waals surface area contributed by atoms with E-state index in [0.29, 0.717) is 30.4 Å². The van der Waals surface area contributed by atoms with E-state index in [-0.39, 0.29) is 5.78 Å². The molecule has 0 bridgehead atoms. The highest BCUT2D eigenvalue weighted by atomic mass is 16.5. The molecule has 0 fully saturated rings. The van der Waals surface area contributed by atoms with E-state index in [9.17, 15) is 14.4 Å². The lowest BCUT2D eigenvalue weighted by Gasteiger charge is -2.15. The zero-order valence-electron chi connectivity index (χ0n) is 10.9. The summed E-state index contributed by atoms with van der Waals surface area (Å²) < 4.78 is 4.70. The van der Waals surface area contributed by atoms with Crippen molar-refractivity contribution in [3.05, 3.63) is 35.0 Å². The lowest BCUT2D eigenvalue weighted by atomic mass is 9.86. The van der Waals surface area contributed by atoms with E-state index in [1.165, 1.54) is 7.11 Å².